The molecule has 2 spiro atoms. The summed E-state index contributed by atoms with van der Waals surface area (Å²) < 4.78 is 28.7. The van der Waals surface area contributed by atoms with Crippen molar-refractivity contribution < 1.29 is 28.8 Å². The summed E-state index contributed by atoms with van der Waals surface area (Å²) in [6.45, 7) is 22.5. The highest BCUT2D eigenvalue weighted by molar-refractivity contribution is 7.11. The van der Waals surface area contributed by atoms with Crippen LogP contribution in [0.3, 0.4) is 0 Å². The summed E-state index contributed by atoms with van der Waals surface area (Å²) >= 11 is 6.64. The van der Waals surface area contributed by atoms with E-state index in [0.717, 1.165) is 10.5 Å². The van der Waals surface area contributed by atoms with Gasteiger partial charge in [-0.3, -0.25) is 0 Å². The lowest BCUT2D eigenvalue weighted by Crippen LogP contribution is -2.44. The van der Waals surface area contributed by atoms with Gasteiger partial charge >= 0.3 is 14.0 Å². The van der Waals surface area contributed by atoms with Gasteiger partial charge in [0, 0.05) is 26.6 Å². The van der Waals surface area contributed by atoms with E-state index in [-0.39, 0.29) is 33.2 Å². The van der Waals surface area contributed by atoms with E-state index in [1.54, 1.807) is 27.7 Å². The van der Waals surface area contributed by atoms with Crippen LogP contribution in [0.25, 0.3) is 77.2 Å². The Balaban J connectivity index is 0.000000112. The first-order valence-electron chi connectivity index (χ1n) is 32.0. The Bertz CT molecular complexity index is 4570. The fourth-order valence-corrected chi connectivity index (χ4v) is 15.3. The molecule has 2 saturated heterocycles. The van der Waals surface area contributed by atoms with E-state index in [2.05, 4.69) is 221 Å². The van der Waals surface area contributed by atoms with Gasteiger partial charge in [-0.25, -0.2) is 0 Å². The molecule has 10 aromatic carbocycles. The van der Waals surface area contributed by atoms with Crippen molar-refractivity contribution in [3.8, 4) is 33.6 Å². The van der Waals surface area contributed by atoms with Crippen LogP contribution in [0.5, 0.6) is 0 Å². The normalized spacial score (nSPS) is 17.9. The van der Waals surface area contributed by atoms with Gasteiger partial charge in [-0.2, -0.15) is 0 Å². The van der Waals surface area contributed by atoms with E-state index >= 15 is 0 Å². The summed E-state index contributed by atoms with van der Waals surface area (Å²) in [7, 11) is 5.45. The third kappa shape index (κ3) is 8.55. The molecule has 0 atom stereocenters. The zero-order valence-electron chi connectivity index (χ0n) is 54.3. The fourth-order valence-electron chi connectivity index (χ4n) is 15.1. The maximum Gasteiger partial charge on any atom is 0.488 e. The Morgan fingerprint density at radius 3 is 1.03 bits per heavy atom. The van der Waals surface area contributed by atoms with Crippen LogP contribution in [-0.2, 0) is 29.4 Å². The van der Waals surface area contributed by atoms with Gasteiger partial charge in [0.2, 0.25) is 0 Å². The van der Waals surface area contributed by atoms with Gasteiger partial charge in [0.25, 0.3) is 0 Å². The standard InChI is InChI=1S/C31H18BN.C31H18ClN.C12H24B2O4.C6H14O2/c2*32-19-16-17-26-29(18-19)33-28-15-6-3-10-22(28)23-11-7-14-27(30(23)33)31(26)24-12-4-1-8-20(24)21-9-2-5-13-25(21)31;1-9(2)10(3,4)16-13(15-9)14-17-11(5,6)12(7,8)18-14;1-5(2,7)6(3,4)8/h2*1-18H;1-8H3;7-8H,1-4H3. The van der Waals surface area contributed by atoms with Gasteiger partial charge in [0.1, 0.15) is 7.85 Å². The Hall–Kier alpha value is -7.96. The number of halogens is 1. The molecule has 0 amide bonds. The average molecular weight is 1230 g/mol. The predicted octanol–water partition coefficient (Wildman–Crippen LogP) is 17.1. The van der Waals surface area contributed by atoms with Crippen molar-refractivity contribution in [3.05, 3.63) is 268 Å². The SMILES string of the molecule is CC(C)(O)C(C)(C)O.CC1(C)OB(B2OC(C)(C)C(C)(C)O2)OC1(C)C.Clc1ccc2c(c1)-n1c3ccccc3c3cccc(c31)C21c2ccccc2-c2ccccc21.[B]c1ccc2c(c1)-n1c3ccccc3c3cccc(c31)C21c2ccccc2-c2ccccc21. The highest BCUT2D eigenvalue weighted by Gasteiger charge is 2.64. The van der Waals surface area contributed by atoms with Crippen LogP contribution >= 0.6 is 11.6 Å². The molecule has 2 radical (unpaired) electrons. The molecule has 12 aromatic rings. The van der Waals surface area contributed by atoms with Crippen molar-refractivity contribution in [2.24, 2.45) is 0 Å². The third-order valence-corrected chi connectivity index (χ3v) is 21.9. The lowest BCUT2D eigenvalue weighted by atomic mass is 9.49. The first-order valence-corrected chi connectivity index (χ1v) is 32.4. The van der Waals surface area contributed by atoms with E-state index in [4.69, 9.17) is 48.3 Å². The molecule has 0 unspecified atom stereocenters. The van der Waals surface area contributed by atoms with Crippen LogP contribution < -0.4 is 5.46 Å². The van der Waals surface area contributed by atoms with Gasteiger partial charge in [-0.1, -0.05) is 205 Å². The van der Waals surface area contributed by atoms with Crippen LogP contribution in [0.1, 0.15) is 128 Å². The smallest absolute Gasteiger partial charge is 0.405 e. The van der Waals surface area contributed by atoms with Gasteiger partial charge in [0.05, 0.1) is 77.9 Å². The first kappa shape index (κ1) is 60.3. The number of hydrogen-bond acceptors (Lipinski definition) is 6. The summed E-state index contributed by atoms with van der Waals surface area (Å²) in [6.07, 6.45) is 0. The molecule has 0 bridgehead atoms. The molecule has 2 fully saturated rings. The number of fused-ring (bicyclic) bond motifs is 24. The van der Waals surface area contributed by atoms with Gasteiger partial charge in [-0.05, 0) is 180 Å². The molecule has 2 aliphatic carbocycles. The predicted molar refractivity (Wildman–Crippen MR) is 378 cm³/mol. The van der Waals surface area contributed by atoms with Crippen molar-refractivity contribution >= 4 is 82.5 Å². The van der Waals surface area contributed by atoms with Crippen molar-refractivity contribution in [1.29, 1.82) is 0 Å². The molecule has 0 saturated carbocycles. The minimum atomic E-state index is -1.01. The molecular weight excluding hydrogens is 1150 g/mol. The second-order valence-corrected chi connectivity index (χ2v) is 29.0. The van der Waals surface area contributed by atoms with E-state index < -0.39 is 25.2 Å². The number of hydrogen-bond donors (Lipinski definition) is 2. The molecule has 6 heterocycles. The van der Waals surface area contributed by atoms with Crippen LogP contribution in [-0.4, -0.2) is 74.8 Å². The average Bonchev–Trinajstić information content (AvgIpc) is 1.48. The Morgan fingerprint density at radius 1 is 0.359 bits per heavy atom. The zero-order valence-corrected chi connectivity index (χ0v) is 55.1. The maximum atomic E-state index is 9.10. The number of benzene rings is 10. The molecule has 6 aliphatic rings. The van der Waals surface area contributed by atoms with E-state index in [1.165, 1.54) is 122 Å². The topological polar surface area (TPSA) is 87.2 Å². The molecular formula is C80H74B3ClN2O6. The zero-order chi connectivity index (χ0) is 64.5. The minimum Gasteiger partial charge on any atom is -0.405 e. The summed E-state index contributed by atoms with van der Waals surface area (Å²) in [5, 5.41) is 24.1. The largest absolute Gasteiger partial charge is 0.488 e. The van der Waals surface area contributed by atoms with Gasteiger partial charge in [-0.15, -0.1) is 0 Å². The molecule has 12 heteroatoms. The lowest BCUT2D eigenvalue weighted by molar-refractivity contribution is -0.107. The van der Waals surface area contributed by atoms with Crippen LogP contribution in [0.4, 0.5) is 0 Å². The molecule has 18 rings (SSSR count). The van der Waals surface area contributed by atoms with E-state index in [0.29, 0.717) is 0 Å². The Labute approximate surface area is 546 Å². The number of rotatable bonds is 2. The summed E-state index contributed by atoms with van der Waals surface area (Å²) in [4.78, 5) is 0. The maximum absolute atomic E-state index is 9.10. The second-order valence-electron chi connectivity index (χ2n) is 28.6. The quantitative estimate of drug-likeness (QED) is 0.168. The van der Waals surface area contributed by atoms with Crippen LogP contribution in [0.2, 0.25) is 5.02 Å². The highest BCUT2D eigenvalue weighted by Crippen LogP contribution is 2.63. The van der Waals surface area contributed by atoms with Crippen LogP contribution in [0, 0.1) is 0 Å². The molecule has 456 valence electrons. The number of aromatic nitrogens is 2. The van der Waals surface area contributed by atoms with Gasteiger partial charge in [0.15, 0.2) is 0 Å². The van der Waals surface area contributed by atoms with Crippen LogP contribution in [0.15, 0.2) is 218 Å². The molecule has 92 heavy (non-hydrogen) atoms. The summed E-state index contributed by atoms with van der Waals surface area (Å²) in [5.74, 6) is 0. The molecule has 8 nitrogen and oxygen atoms in total. The first-order chi connectivity index (χ1) is 43.7. The lowest BCUT2D eigenvalue weighted by Gasteiger charge is -2.39. The Kier molecular flexibility index (Phi) is 13.6. The highest BCUT2D eigenvalue weighted by atomic mass is 35.5. The van der Waals surface area contributed by atoms with Crippen molar-refractivity contribution in [2.45, 2.75) is 128 Å². The van der Waals surface area contributed by atoms with Gasteiger partial charge < -0.3 is 38.0 Å². The van der Waals surface area contributed by atoms with Crippen molar-refractivity contribution in [2.75, 3.05) is 0 Å². The van der Waals surface area contributed by atoms with E-state index in [1.807, 2.05) is 61.5 Å². The fraction of sp³-hybridized carbons (Fsp3) is 0.250. The van der Waals surface area contributed by atoms with Crippen molar-refractivity contribution in [1.82, 2.24) is 9.13 Å². The number of para-hydroxylation sites is 4. The Morgan fingerprint density at radius 2 is 0.663 bits per heavy atom. The summed E-state index contributed by atoms with van der Waals surface area (Å²) in [6, 6.07) is 79.5. The second kappa shape index (κ2) is 20.8. The molecule has 2 N–H and O–H groups in total. The monoisotopic (exact) mass is 1230 g/mol. The third-order valence-electron chi connectivity index (χ3n) is 21.6. The molecule has 4 aliphatic heterocycles. The number of nitrogens with zero attached hydrogens (tertiary/aromatic N) is 2. The minimum absolute atomic E-state index is 0.360. The number of aliphatic hydroxyl groups is 2. The summed E-state index contributed by atoms with van der Waals surface area (Å²) in [5.41, 5.74) is 19.8. The van der Waals surface area contributed by atoms with E-state index in [9.17, 15) is 0 Å². The molecule has 2 aromatic heterocycles. The van der Waals surface area contributed by atoms with Crippen molar-refractivity contribution in [3.63, 3.8) is 0 Å².